The third kappa shape index (κ3) is 3.49. The van der Waals surface area contributed by atoms with E-state index in [-0.39, 0.29) is 26.2 Å². The molecular formula is C15H18N2O5. The number of β-amino-alcohol motifs (C(OH)–C–C–N with tert-alkyl or cyclic N) is 1. The molecule has 1 aromatic carbocycles. The lowest BCUT2D eigenvalue weighted by Crippen LogP contribution is -2.42. The van der Waals surface area contributed by atoms with Gasteiger partial charge in [0.2, 0.25) is 0 Å². The minimum Gasteiger partial charge on any atom is -0.465 e. The number of hydrogen-bond donors (Lipinski definition) is 2. The predicted molar refractivity (Wildman–Crippen MR) is 77.3 cm³/mol. The number of ether oxygens (including phenoxy) is 1. The second-order valence-corrected chi connectivity index (χ2v) is 4.86. The van der Waals surface area contributed by atoms with Crippen LogP contribution in [0.15, 0.2) is 24.3 Å². The average molecular weight is 306 g/mol. The summed E-state index contributed by atoms with van der Waals surface area (Å²) in [6.07, 6.45) is -0.961. The number of nitrogens with one attached hydrogen (secondary N) is 1. The molecule has 0 fully saturated rings. The normalized spacial score (nSPS) is 14.9. The smallest absolute Gasteiger partial charge is 0.319 e. The van der Waals surface area contributed by atoms with E-state index in [0.29, 0.717) is 11.1 Å². The molecule has 0 saturated carbocycles. The number of amides is 2. The monoisotopic (exact) mass is 306 g/mol. The van der Waals surface area contributed by atoms with Crippen molar-refractivity contribution >= 4 is 17.8 Å². The maximum atomic E-state index is 12.1. The number of imide groups is 1. The first-order valence-corrected chi connectivity index (χ1v) is 7.04. The number of aliphatic hydroxyl groups excluding tert-OH is 1. The van der Waals surface area contributed by atoms with Crippen LogP contribution in [0.25, 0.3) is 0 Å². The minimum atomic E-state index is -0.961. The van der Waals surface area contributed by atoms with Crippen LogP contribution in [0.5, 0.6) is 0 Å². The van der Waals surface area contributed by atoms with Gasteiger partial charge in [-0.3, -0.25) is 19.3 Å². The zero-order valence-corrected chi connectivity index (χ0v) is 12.2. The van der Waals surface area contributed by atoms with E-state index in [1.165, 1.54) is 0 Å². The van der Waals surface area contributed by atoms with Crippen molar-refractivity contribution in [2.75, 3.05) is 26.2 Å². The van der Waals surface area contributed by atoms with Crippen LogP contribution in [0, 0.1) is 0 Å². The van der Waals surface area contributed by atoms with Gasteiger partial charge in [-0.1, -0.05) is 12.1 Å². The molecule has 118 valence electrons. The standard InChI is InChI=1S/C15H18N2O5/c1-2-22-13(19)8-16-7-10(18)9-17-14(20)11-5-3-4-6-12(11)15(17)21/h3-6,10,16,18H,2,7-9H2,1H3. The molecule has 1 unspecified atom stereocenters. The maximum Gasteiger partial charge on any atom is 0.319 e. The van der Waals surface area contributed by atoms with Gasteiger partial charge in [-0.25, -0.2) is 0 Å². The number of aliphatic hydroxyl groups is 1. The summed E-state index contributed by atoms with van der Waals surface area (Å²) in [6.45, 7) is 1.91. The summed E-state index contributed by atoms with van der Waals surface area (Å²) >= 11 is 0. The van der Waals surface area contributed by atoms with Gasteiger partial charge in [0.25, 0.3) is 11.8 Å². The molecule has 0 aliphatic carbocycles. The number of benzene rings is 1. The SMILES string of the molecule is CCOC(=O)CNCC(O)CN1C(=O)c2ccccc2C1=O. The molecule has 7 nitrogen and oxygen atoms in total. The third-order valence-electron chi connectivity index (χ3n) is 3.23. The Hall–Kier alpha value is -2.25. The zero-order valence-electron chi connectivity index (χ0n) is 12.2. The number of rotatable bonds is 7. The van der Waals surface area contributed by atoms with Crippen LogP contribution in [0.2, 0.25) is 0 Å². The van der Waals surface area contributed by atoms with Crippen LogP contribution in [0.4, 0.5) is 0 Å². The second kappa shape index (κ2) is 7.15. The molecule has 2 amide bonds. The lowest BCUT2D eigenvalue weighted by atomic mass is 10.1. The molecule has 2 rings (SSSR count). The molecule has 1 aliphatic heterocycles. The number of hydrogen-bond acceptors (Lipinski definition) is 6. The Balaban J connectivity index is 1.86. The van der Waals surface area contributed by atoms with Crippen molar-refractivity contribution in [3.8, 4) is 0 Å². The minimum absolute atomic E-state index is 0.0347. The van der Waals surface area contributed by atoms with Crippen LogP contribution in [-0.2, 0) is 9.53 Å². The van der Waals surface area contributed by atoms with E-state index < -0.39 is 23.9 Å². The van der Waals surface area contributed by atoms with E-state index >= 15 is 0 Å². The fourth-order valence-corrected chi connectivity index (χ4v) is 2.23. The van der Waals surface area contributed by atoms with Gasteiger partial charge in [-0.05, 0) is 19.1 Å². The molecule has 2 N–H and O–H groups in total. The second-order valence-electron chi connectivity index (χ2n) is 4.86. The summed E-state index contributed by atoms with van der Waals surface area (Å²) in [5.74, 6) is -1.24. The first-order valence-electron chi connectivity index (χ1n) is 7.04. The Morgan fingerprint density at radius 1 is 1.27 bits per heavy atom. The fraction of sp³-hybridized carbons (Fsp3) is 0.400. The van der Waals surface area contributed by atoms with Gasteiger partial charge < -0.3 is 15.2 Å². The van der Waals surface area contributed by atoms with Gasteiger partial charge >= 0.3 is 5.97 Å². The molecule has 1 aliphatic rings. The summed E-state index contributed by atoms with van der Waals surface area (Å²) in [7, 11) is 0. The van der Waals surface area contributed by atoms with Gasteiger partial charge in [0, 0.05) is 6.54 Å². The van der Waals surface area contributed by atoms with Gasteiger partial charge in [0.15, 0.2) is 0 Å². The van der Waals surface area contributed by atoms with Gasteiger partial charge in [-0.15, -0.1) is 0 Å². The van der Waals surface area contributed by atoms with E-state index in [2.05, 4.69) is 5.32 Å². The molecule has 1 atom stereocenters. The Bertz CT molecular complexity index is 552. The molecule has 0 aromatic heterocycles. The molecule has 1 heterocycles. The van der Waals surface area contributed by atoms with E-state index in [4.69, 9.17) is 4.74 Å². The Morgan fingerprint density at radius 3 is 2.41 bits per heavy atom. The summed E-state index contributed by atoms with van der Waals surface area (Å²) in [5.41, 5.74) is 0.693. The molecule has 0 spiro atoms. The van der Waals surface area contributed by atoms with Gasteiger partial charge in [0.1, 0.15) is 0 Å². The summed E-state index contributed by atoms with van der Waals surface area (Å²) in [4.78, 5) is 36.4. The average Bonchev–Trinajstić information content (AvgIpc) is 2.73. The van der Waals surface area contributed by atoms with Gasteiger partial charge in [-0.2, -0.15) is 0 Å². The van der Waals surface area contributed by atoms with Crippen LogP contribution < -0.4 is 5.32 Å². The Labute approximate surface area is 127 Å². The van der Waals surface area contributed by atoms with E-state index in [1.54, 1.807) is 31.2 Å². The summed E-state index contributed by atoms with van der Waals surface area (Å²) in [5, 5.41) is 12.6. The predicted octanol–water partition coefficient (Wildman–Crippen LogP) is -0.204. The first-order chi connectivity index (χ1) is 10.5. The molecule has 7 heteroatoms. The maximum absolute atomic E-state index is 12.1. The van der Waals surface area contributed by atoms with Crippen molar-refractivity contribution in [2.45, 2.75) is 13.0 Å². The van der Waals surface area contributed by atoms with Gasteiger partial charge in [0.05, 0.1) is 36.9 Å². The van der Waals surface area contributed by atoms with Crippen molar-refractivity contribution in [3.63, 3.8) is 0 Å². The number of carbonyl (C=O) groups is 3. The quantitative estimate of drug-likeness (QED) is 0.535. The highest BCUT2D eigenvalue weighted by atomic mass is 16.5. The lowest BCUT2D eigenvalue weighted by Gasteiger charge is -2.18. The van der Waals surface area contributed by atoms with E-state index in [9.17, 15) is 19.5 Å². The summed E-state index contributed by atoms with van der Waals surface area (Å²) in [6, 6.07) is 6.54. The highest BCUT2D eigenvalue weighted by Gasteiger charge is 2.35. The molecule has 0 bridgehead atoms. The van der Waals surface area contributed by atoms with Crippen molar-refractivity contribution in [3.05, 3.63) is 35.4 Å². The van der Waals surface area contributed by atoms with Crippen molar-refractivity contribution in [2.24, 2.45) is 0 Å². The van der Waals surface area contributed by atoms with Crippen LogP contribution in [-0.4, -0.2) is 60.1 Å². The van der Waals surface area contributed by atoms with E-state index in [0.717, 1.165) is 4.90 Å². The number of nitrogens with zero attached hydrogens (tertiary/aromatic N) is 1. The molecule has 22 heavy (non-hydrogen) atoms. The highest BCUT2D eigenvalue weighted by Crippen LogP contribution is 2.22. The molecular weight excluding hydrogens is 288 g/mol. The zero-order chi connectivity index (χ0) is 16.1. The molecule has 0 saturated heterocycles. The first kappa shape index (κ1) is 16.1. The topological polar surface area (TPSA) is 95.9 Å². The highest BCUT2D eigenvalue weighted by molar-refractivity contribution is 6.21. The van der Waals surface area contributed by atoms with Crippen LogP contribution in [0.3, 0.4) is 0 Å². The van der Waals surface area contributed by atoms with Crippen molar-refractivity contribution in [1.82, 2.24) is 10.2 Å². The lowest BCUT2D eigenvalue weighted by molar-refractivity contribution is -0.142. The van der Waals surface area contributed by atoms with Crippen LogP contribution >= 0.6 is 0 Å². The molecule has 0 radical (unpaired) electrons. The number of carbonyl (C=O) groups excluding carboxylic acids is 3. The van der Waals surface area contributed by atoms with Crippen molar-refractivity contribution < 1.29 is 24.2 Å². The Morgan fingerprint density at radius 2 is 1.86 bits per heavy atom. The summed E-state index contributed by atoms with van der Waals surface area (Å²) < 4.78 is 4.73. The Kier molecular flexibility index (Phi) is 5.24. The largest absolute Gasteiger partial charge is 0.465 e. The van der Waals surface area contributed by atoms with Crippen molar-refractivity contribution in [1.29, 1.82) is 0 Å². The number of fused-ring (bicyclic) bond motifs is 1. The van der Waals surface area contributed by atoms with E-state index in [1.807, 2.05) is 0 Å². The number of esters is 1. The van der Waals surface area contributed by atoms with Crippen LogP contribution in [0.1, 0.15) is 27.6 Å². The molecule has 1 aromatic rings. The fourth-order valence-electron chi connectivity index (χ4n) is 2.23. The third-order valence-corrected chi connectivity index (χ3v) is 3.23.